The summed E-state index contributed by atoms with van der Waals surface area (Å²) in [6.45, 7) is 1.06. The molecule has 2 aromatic heterocycles. The van der Waals surface area contributed by atoms with Crippen LogP contribution in [0.1, 0.15) is 6.42 Å². The second kappa shape index (κ2) is 6.61. The Labute approximate surface area is 109 Å². The van der Waals surface area contributed by atoms with Crippen LogP contribution in [0, 0.1) is 0 Å². The van der Waals surface area contributed by atoms with E-state index >= 15 is 0 Å². The van der Waals surface area contributed by atoms with Crippen LogP contribution in [0.3, 0.4) is 0 Å². The van der Waals surface area contributed by atoms with Crippen molar-refractivity contribution < 1.29 is 9.47 Å². The maximum atomic E-state index is 5.42. The molecule has 0 radical (unpaired) electrons. The van der Waals surface area contributed by atoms with Crippen LogP contribution in [0.5, 0.6) is 6.01 Å². The number of aromatic nitrogens is 5. The van der Waals surface area contributed by atoms with Crippen LogP contribution in [0.15, 0.2) is 18.7 Å². The summed E-state index contributed by atoms with van der Waals surface area (Å²) in [7, 11) is 1.64. The summed E-state index contributed by atoms with van der Waals surface area (Å²) < 4.78 is 12.0. The number of imidazole rings is 1. The lowest BCUT2D eigenvalue weighted by atomic mass is 10.5. The SMILES string of the molecule is COCCCOc1nc(NN)nc(-n2ccnc2)n1. The van der Waals surface area contributed by atoms with Gasteiger partial charge in [0.15, 0.2) is 0 Å². The van der Waals surface area contributed by atoms with Crippen molar-refractivity contribution in [3.8, 4) is 12.0 Å². The predicted octanol–water partition coefficient (Wildman–Crippen LogP) is -0.242. The molecule has 0 aliphatic carbocycles. The van der Waals surface area contributed by atoms with Gasteiger partial charge in [-0.3, -0.25) is 9.99 Å². The average Bonchev–Trinajstić information content (AvgIpc) is 2.97. The first-order valence-electron chi connectivity index (χ1n) is 5.66. The Balaban J connectivity index is 2.12. The van der Waals surface area contributed by atoms with Crippen LogP contribution < -0.4 is 16.0 Å². The van der Waals surface area contributed by atoms with Crippen molar-refractivity contribution in [2.24, 2.45) is 5.84 Å². The third-order valence-electron chi connectivity index (χ3n) is 2.19. The highest BCUT2D eigenvalue weighted by Crippen LogP contribution is 2.10. The van der Waals surface area contributed by atoms with Crippen molar-refractivity contribution in [2.75, 3.05) is 25.7 Å². The van der Waals surface area contributed by atoms with E-state index in [4.69, 9.17) is 15.3 Å². The minimum absolute atomic E-state index is 0.197. The summed E-state index contributed by atoms with van der Waals surface area (Å²) in [4.78, 5) is 16.2. The van der Waals surface area contributed by atoms with Crippen LogP contribution in [-0.4, -0.2) is 44.8 Å². The van der Waals surface area contributed by atoms with E-state index in [2.05, 4.69) is 25.4 Å². The number of ether oxygens (including phenoxy) is 2. The topological polar surface area (TPSA) is 113 Å². The minimum atomic E-state index is 0.197. The third-order valence-corrected chi connectivity index (χ3v) is 2.19. The molecular formula is C10H15N7O2. The van der Waals surface area contributed by atoms with Crippen LogP contribution in [-0.2, 0) is 4.74 Å². The first kappa shape index (κ1) is 13.2. The van der Waals surface area contributed by atoms with E-state index in [1.807, 2.05) is 0 Å². The molecule has 0 atom stereocenters. The molecule has 0 aromatic carbocycles. The number of anilines is 1. The Kier molecular flexibility index (Phi) is 4.59. The van der Waals surface area contributed by atoms with E-state index in [1.165, 1.54) is 0 Å². The van der Waals surface area contributed by atoms with Gasteiger partial charge < -0.3 is 9.47 Å². The zero-order chi connectivity index (χ0) is 13.5. The van der Waals surface area contributed by atoms with E-state index in [1.54, 1.807) is 30.4 Å². The number of hydrazine groups is 1. The molecule has 0 amide bonds. The molecule has 0 spiro atoms. The lowest BCUT2D eigenvalue weighted by molar-refractivity contribution is 0.168. The van der Waals surface area contributed by atoms with Crippen LogP contribution in [0.2, 0.25) is 0 Å². The van der Waals surface area contributed by atoms with Gasteiger partial charge in [0.25, 0.3) is 0 Å². The monoisotopic (exact) mass is 265 g/mol. The molecule has 0 saturated heterocycles. The van der Waals surface area contributed by atoms with Gasteiger partial charge in [-0.25, -0.2) is 10.8 Å². The van der Waals surface area contributed by atoms with E-state index in [0.717, 1.165) is 6.42 Å². The average molecular weight is 265 g/mol. The number of nitrogens with zero attached hydrogens (tertiary/aromatic N) is 5. The quantitative estimate of drug-likeness (QED) is 0.400. The number of nitrogens with one attached hydrogen (secondary N) is 1. The van der Waals surface area contributed by atoms with E-state index < -0.39 is 0 Å². The van der Waals surface area contributed by atoms with Crippen LogP contribution in [0.4, 0.5) is 5.95 Å². The van der Waals surface area contributed by atoms with Crippen LogP contribution >= 0.6 is 0 Å². The van der Waals surface area contributed by atoms with Gasteiger partial charge >= 0.3 is 6.01 Å². The lowest BCUT2D eigenvalue weighted by Crippen LogP contribution is -2.15. The summed E-state index contributed by atoms with van der Waals surface area (Å²) in [5, 5.41) is 0. The van der Waals surface area contributed by atoms with Crippen LogP contribution in [0.25, 0.3) is 5.95 Å². The van der Waals surface area contributed by atoms with E-state index in [9.17, 15) is 0 Å². The molecule has 9 heteroatoms. The fourth-order valence-corrected chi connectivity index (χ4v) is 1.33. The maximum absolute atomic E-state index is 5.42. The molecule has 0 fully saturated rings. The van der Waals surface area contributed by atoms with E-state index in [-0.39, 0.29) is 12.0 Å². The number of methoxy groups -OCH3 is 1. The largest absolute Gasteiger partial charge is 0.463 e. The third kappa shape index (κ3) is 3.60. The number of nitrogens with two attached hydrogens (primary N) is 1. The number of nitrogen functional groups attached to an aromatic ring is 1. The highest BCUT2D eigenvalue weighted by atomic mass is 16.5. The van der Waals surface area contributed by atoms with Gasteiger partial charge in [0.1, 0.15) is 6.33 Å². The van der Waals surface area contributed by atoms with Crippen molar-refractivity contribution in [3.05, 3.63) is 18.7 Å². The molecule has 0 unspecified atom stereocenters. The van der Waals surface area contributed by atoms with Gasteiger partial charge in [0.05, 0.1) is 6.61 Å². The first-order valence-corrected chi connectivity index (χ1v) is 5.66. The second-order valence-corrected chi connectivity index (χ2v) is 3.55. The summed E-state index contributed by atoms with van der Waals surface area (Å²) in [5.74, 6) is 5.91. The molecule has 0 bridgehead atoms. The zero-order valence-corrected chi connectivity index (χ0v) is 10.5. The fourth-order valence-electron chi connectivity index (χ4n) is 1.33. The zero-order valence-electron chi connectivity index (χ0n) is 10.5. The van der Waals surface area contributed by atoms with Crippen molar-refractivity contribution in [3.63, 3.8) is 0 Å². The predicted molar refractivity (Wildman–Crippen MR) is 66.7 cm³/mol. The molecular weight excluding hydrogens is 250 g/mol. The second-order valence-electron chi connectivity index (χ2n) is 3.55. The smallest absolute Gasteiger partial charge is 0.323 e. The molecule has 2 aromatic rings. The Hall–Kier alpha value is -2.26. The molecule has 19 heavy (non-hydrogen) atoms. The molecule has 102 valence electrons. The maximum Gasteiger partial charge on any atom is 0.323 e. The summed E-state index contributed by atoms with van der Waals surface area (Å²) in [6.07, 6.45) is 5.65. The normalized spacial score (nSPS) is 10.4. The minimum Gasteiger partial charge on any atom is -0.463 e. The molecule has 9 nitrogen and oxygen atoms in total. The Morgan fingerprint density at radius 3 is 2.89 bits per heavy atom. The van der Waals surface area contributed by atoms with Gasteiger partial charge in [-0.05, 0) is 0 Å². The van der Waals surface area contributed by atoms with Gasteiger partial charge in [-0.1, -0.05) is 0 Å². The van der Waals surface area contributed by atoms with Gasteiger partial charge in [0, 0.05) is 32.5 Å². The number of hydrogen-bond acceptors (Lipinski definition) is 8. The van der Waals surface area contributed by atoms with Gasteiger partial charge in [-0.15, -0.1) is 0 Å². The van der Waals surface area contributed by atoms with Crippen molar-refractivity contribution >= 4 is 5.95 Å². The molecule has 3 N–H and O–H groups in total. The van der Waals surface area contributed by atoms with Crippen molar-refractivity contribution in [1.29, 1.82) is 0 Å². The molecule has 2 rings (SSSR count). The Morgan fingerprint density at radius 1 is 1.32 bits per heavy atom. The van der Waals surface area contributed by atoms with Gasteiger partial charge in [0.2, 0.25) is 11.9 Å². The van der Waals surface area contributed by atoms with Crippen molar-refractivity contribution in [2.45, 2.75) is 6.42 Å². The molecule has 0 aliphatic heterocycles. The molecule has 0 saturated carbocycles. The highest BCUT2D eigenvalue weighted by Gasteiger charge is 2.08. The molecule has 2 heterocycles. The Bertz CT molecular complexity index is 503. The molecule has 0 aliphatic rings. The summed E-state index contributed by atoms with van der Waals surface area (Å²) in [6, 6.07) is 0.197. The lowest BCUT2D eigenvalue weighted by Gasteiger charge is -2.07. The van der Waals surface area contributed by atoms with E-state index in [0.29, 0.717) is 19.2 Å². The first-order chi connectivity index (χ1) is 9.33. The summed E-state index contributed by atoms with van der Waals surface area (Å²) >= 11 is 0. The highest BCUT2D eigenvalue weighted by molar-refractivity contribution is 5.28. The van der Waals surface area contributed by atoms with Crippen molar-refractivity contribution in [1.82, 2.24) is 24.5 Å². The number of hydrogen-bond donors (Lipinski definition) is 2. The van der Waals surface area contributed by atoms with Gasteiger partial charge in [-0.2, -0.15) is 15.0 Å². The summed E-state index contributed by atoms with van der Waals surface area (Å²) in [5.41, 5.74) is 2.37. The fraction of sp³-hybridized carbons (Fsp3) is 0.400. The Morgan fingerprint density at radius 2 is 2.21 bits per heavy atom. The standard InChI is InChI=1S/C10H15N7O2/c1-18-5-2-6-19-10-14-8(16-11)13-9(15-10)17-4-3-12-7-17/h3-4,7H,2,5-6,11H2,1H3,(H,13,14,15,16). The number of rotatable bonds is 7.